The van der Waals surface area contributed by atoms with E-state index in [1.54, 1.807) is 0 Å². The van der Waals surface area contributed by atoms with E-state index in [4.69, 9.17) is 11.6 Å². The summed E-state index contributed by atoms with van der Waals surface area (Å²) in [5, 5.41) is 11.1. The Bertz CT molecular complexity index is 608. The molecule has 0 aliphatic rings. The van der Waals surface area contributed by atoms with Gasteiger partial charge in [-0.3, -0.25) is 0 Å². The van der Waals surface area contributed by atoms with E-state index in [9.17, 15) is 5.11 Å². The van der Waals surface area contributed by atoms with Gasteiger partial charge in [0, 0.05) is 11.4 Å². The van der Waals surface area contributed by atoms with Crippen molar-refractivity contribution in [1.29, 1.82) is 0 Å². The summed E-state index contributed by atoms with van der Waals surface area (Å²) >= 11 is 5.96. The number of hydrogen-bond donors (Lipinski definition) is 1. The Labute approximate surface area is 132 Å². The van der Waals surface area contributed by atoms with Gasteiger partial charge < -0.3 is 5.11 Å². The second kappa shape index (κ2) is 6.21. The zero-order valence-electron chi connectivity index (χ0n) is 13.2. The first kappa shape index (κ1) is 16.1. The normalized spacial score (nSPS) is 13.2. The standard InChI is InChI=1S/C19H23ClO/c1-13-11-16(20)9-10-17(13)18(21)12-14-5-7-15(8-6-14)19(2,3)4/h5-11,18,21H,12H2,1-4H3. The predicted molar refractivity (Wildman–Crippen MR) is 90.0 cm³/mol. The Morgan fingerprint density at radius 1 is 1.05 bits per heavy atom. The molecule has 1 atom stereocenters. The van der Waals surface area contributed by atoms with Crippen molar-refractivity contribution in [1.82, 2.24) is 0 Å². The number of aliphatic hydroxyl groups is 1. The summed E-state index contributed by atoms with van der Waals surface area (Å²) in [6, 6.07) is 14.1. The van der Waals surface area contributed by atoms with Crippen molar-refractivity contribution in [3.63, 3.8) is 0 Å². The number of hydrogen-bond acceptors (Lipinski definition) is 1. The van der Waals surface area contributed by atoms with E-state index in [0.29, 0.717) is 11.4 Å². The zero-order chi connectivity index (χ0) is 15.6. The Hall–Kier alpha value is -1.31. The molecule has 0 radical (unpaired) electrons. The molecule has 0 saturated heterocycles. The Morgan fingerprint density at radius 3 is 2.19 bits per heavy atom. The van der Waals surface area contributed by atoms with Crippen LogP contribution in [0.25, 0.3) is 0 Å². The van der Waals surface area contributed by atoms with Crippen LogP contribution in [0.1, 0.15) is 49.1 Å². The summed E-state index contributed by atoms with van der Waals surface area (Å²) in [6.07, 6.45) is 0.121. The van der Waals surface area contributed by atoms with Crippen molar-refractivity contribution >= 4 is 11.6 Å². The van der Waals surface area contributed by atoms with E-state index in [0.717, 1.165) is 16.7 Å². The lowest BCUT2D eigenvalue weighted by Crippen LogP contribution is -2.11. The highest BCUT2D eigenvalue weighted by Crippen LogP contribution is 2.26. The van der Waals surface area contributed by atoms with Crippen molar-refractivity contribution in [2.75, 3.05) is 0 Å². The maximum Gasteiger partial charge on any atom is 0.0832 e. The Kier molecular flexibility index (Phi) is 4.75. The fourth-order valence-corrected chi connectivity index (χ4v) is 2.71. The van der Waals surface area contributed by atoms with Crippen molar-refractivity contribution < 1.29 is 5.11 Å². The first-order valence-corrected chi connectivity index (χ1v) is 7.69. The molecule has 1 unspecified atom stereocenters. The molecule has 2 aromatic carbocycles. The molecule has 1 N–H and O–H groups in total. The third kappa shape index (κ3) is 4.09. The number of rotatable bonds is 3. The second-order valence-corrected chi connectivity index (χ2v) is 7.10. The maximum absolute atomic E-state index is 10.4. The van der Waals surface area contributed by atoms with Gasteiger partial charge in [0.25, 0.3) is 0 Å². The number of benzene rings is 2. The molecule has 0 saturated carbocycles. The molecule has 0 bridgehead atoms. The van der Waals surface area contributed by atoms with Crippen LogP contribution in [0.3, 0.4) is 0 Å². The molecule has 0 aromatic heterocycles. The van der Waals surface area contributed by atoms with Crippen LogP contribution in [0.15, 0.2) is 42.5 Å². The van der Waals surface area contributed by atoms with Crippen LogP contribution >= 0.6 is 11.6 Å². The average molecular weight is 303 g/mol. The van der Waals surface area contributed by atoms with Crippen LogP contribution in [0.2, 0.25) is 5.02 Å². The Balaban J connectivity index is 2.14. The Morgan fingerprint density at radius 2 is 1.67 bits per heavy atom. The van der Waals surface area contributed by atoms with Crippen molar-refractivity contribution in [3.8, 4) is 0 Å². The van der Waals surface area contributed by atoms with Crippen molar-refractivity contribution in [3.05, 3.63) is 69.7 Å². The molecule has 1 nitrogen and oxygen atoms in total. The molecule has 2 aromatic rings. The summed E-state index contributed by atoms with van der Waals surface area (Å²) in [4.78, 5) is 0. The minimum atomic E-state index is -0.497. The average Bonchev–Trinajstić information content (AvgIpc) is 2.38. The predicted octanol–water partition coefficient (Wildman–Crippen LogP) is 5.22. The monoisotopic (exact) mass is 302 g/mol. The van der Waals surface area contributed by atoms with Gasteiger partial charge in [-0.05, 0) is 46.7 Å². The zero-order valence-corrected chi connectivity index (χ0v) is 13.9. The van der Waals surface area contributed by atoms with Crippen molar-refractivity contribution in [2.24, 2.45) is 0 Å². The van der Waals surface area contributed by atoms with Crippen LogP contribution in [0, 0.1) is 6.92 Å². The first-order valence-electron chi connectivity index (χ1n) is 7.31. The largest absolute Gasteiger partial charge is 0.388 e. The highest BCUT2D eigenvalue weighted by molar-refractivity contribution is 6.30. The van der Waals surface area contributed by atoms with E-state index < -0.39 is 6.10 Å². The molecular weight excluding hydrogens is 280 g/mol. The van der Waals surface area contributed by atoms with Gasteiger partial charge in [-0.2, -0.15) is 0 Å². The van der Waals surface area contributed by atoms with Gasteiger partial charge in [0.15, 0.2) is 0 Å². The summed E-state index contributed by atoms with van der Waals surface area (Å²) < 4.78 is 0. The highest BCUT2D eigenvalue weighted by Gasteiger charge is 2.15. The maximum atomic E-state index is 10.4. The van der Waals surface area contributed by atoms with E-state index in [2.05, 4.69) is 45.0 Å². The molecule has 0 spiro atoms. The van der Waals surface area contributed by atoms with E-state index >= 15 is 0 Å². The van der Waals surface area contributed by atoms with Gasteiger partial charge in [0.2, 0.25) is 0 Å². The van der Waals surface area contributed by atoms with Gasteiger partial charge in [-0.25, -0.2) is 0 Å². The lowest BCUT2D eigenvalue weighted by Gasteiger charge is -2.20. The third-order valence-electron chi connectivity index (χ3n) is 3.84. The van der Waals surface area contributed by atoms with E-state index in [1.165, 1.54) is 5.56 Å². The quantitative estimate of drug-likeness (QED) is 0.824. The summed E-state index contributed by atoms with van der Waals surface area (Å²) in [5.41, 5.74) is 4.58. The van der Waals surface area contributed by atoms with Gasteiger partial charge in [0.05, 0.1) is 6.10 Å². The van der Waals surface area contributed by atoms with Crippen LogP contribution < -0.4 is 0 Å². The number of aryl methyl sites for hydroxylation is 1. The fourth-order valence-electron chi connectivity index (χ4n) is 2.49. The summed E-state index contributed by atoms with van der Waals surface area (Å²) in [6.45, 7) is 8.59. The van der Waals surface area contributed by atoms with Gasteiger partial charge in [-0.15, -0.1) is 0 Å². The molecular formula is C19H23ClO. The third-order valence-corrected chi connectivity index (χ3v) is 4.07. The molecule has 0 aliphatic heterocycles. The first-order chi connectivity index (χ1) is 9.77. The molecule has 0 fully saturated rings. The topological polar surface area (TPSA) is 20.2 Å². The second-order valence-electron chi connectivity index (χ2n) is 6.67. The molecule has 2 rings (SSSR count). The summed E-state index contributed by atoms with van der Waals surface area (Å²) in [7, 11) is 0. The van der Waals surface area contributed by atoms with Gasteiger partial charge >= 0.3 is 0 Å². The summed E-state index contributed by atoms with van der Waals surface area (Å²) in [5.74, 6) is 0. The van der Waals surface area contributed by atoms with Crippen LogP contribution in [0.4, 0.5) is 0 Å². The van der Waals surface area contributed by atoms with Gasteiger partial charge in [0.1, 0.15) is 0 Å². The van der Waals surface area contributed by atoms with Crippen LogP contribution in [0.5, 0.6) is 0 Å². The minimum absolute atomic E-state index is 0.157. The highest BCUT2D eigenvalue weighted by atomic mass is 35.5. The van der Waals surface area contributed by atoms with E-state index in [-0.39, 0.29) is 5.41 Å². The number of halogens is 1. The molecule has 21 heavy (non-hydrogen) atoms. The van der Waals surface area contributed by atoms with Crippen molar-refractivity contribution in [2.45, 2.75) is 45.6 Å². The fraction of sp³-hybridized carbons (Fsp3) is 0.368. The van der Waals surface area contributed by atoms with Crippen LogP contribution in [-0.4, -0.2) is 5.11 Å². The minimum Gasteiger partial charge on any atom is -0.388 e. The van der Waals surface area contributed by atoms with E-state index in [1.807, 2.05) is 25.1 Å². The van der Waals surface area contributed by atoms with Crippen LogP contribution in [-0.2, 0) is 11.8 Å². The molecule has 0 heterocycles. The molecule has 112 valence electrons. The lowest BCUT2D eigenvalue weighted by atomic mass is 9.86. The number of aliphatic hydroxyl groups excluding tert-OH is 1. The molecule has 0 amide bonds. The lowest BCUT2D eigenvalue weighted by molar-refractivity contribution is 0.177. The SMILES string of the molecule is Cc1cc(Cl)ccc1C(O)Cc1ccc(C(C)(C)C)cc1. The van der Waals surface area contributed by atoms with Gasteiger partial charge in [-0.1, -0.05) is 62.7 Å². The molecule has 2 heteroatoms. The molecule has 0 aliphatic carbocycles. The smallest absolute Gasteiger partial charge is 0.0832 e.